The maximum absolute atomic E-state index is 10.8. The average Bonchev–Trinajstić information content (AvgIpc) is 2.96. The molecule has 2 aliphatic heterocycles. The fourth-order valence-electron chi connectivity index (χ4n) is 3.69. The Kier molecular flexibility index (Phi) is 3.37. The molecule has 1 atom stereocenters. The molecule has 1 unspecified atom stereocenters. The first-order chi connectivity index (χ1) is 11.3. The minimum Gasteiger partial charge on any atom is -0.376 e. The zero-order valence-corrected chi connectivity index (χ0v) is 12.9. The number of carbonyl (C=O) groups is 1. The molecule has 0 aliphatic carbocycles. The number of hydrogen-bond donors (Lipinski definition) is 2. The number of para-hydroxylation sites is 3. The fourth-order valence-corrected chi connectivity index (χ4v) is 3.69. The number of aldehydes is 1. The van der Waals surface area contributed by atoms with E-state index >= 15 is 0 Å². The molecule has 2 N–H and O–H groups in total. The molecule has 0 aromatic heterocycles. The van der Waals surface area contributed by atoms with Crippen molar-refractivity contribution in [1.29, 1.82) is 5.41 Å². The van der Waals surface area contributed by atoms with Crippen molar-refractivity contribution in [3.8, 4) is 0 Å². The van der Waals surface area contributed by atoms with E-state index in [2.05, 4.69) is 46.6 Å². The van der Waals surface area contributed by atoms with Gasteiger partial charge in [-0.05, 0) is 42.5 Å². The van der Waals surface area contributed by atoms with E-state index in [1.807, 2.05) is 6.07 Å². The van der Waals surface area contributed by atoms with Gasteiger partial charge in [0.05, 0.1) is 23.1 Å². The van der Waals surface area contributed by atoms with Crippen LogP contribution in [0.4, 0.5) is 17.1 Å². The van der Waals surface area contributed by atoms with E-state index < -0.39 is 0 Å². The van der Waals surface area contributed by atoms with Crippen LogP contribution >= 0.6 is 0 Å². The highest BCUT2D eigenvalue weighted by Crippen LogP contribution is 2.47. The number of anilines is 3. The van der Waals surface area contributed by atoms with Crippen molar-refractivity contribution < 1.29 is 4.79 Å². The van der Waals surface area contributed by atoms with Crippen molar-refractivity contribution in [2.45, 2.75) is 25.3 Å². The number of nitrogens with zero attached hydrogens (tertiary/aromatic N) is 1. The van der Waals surface area contributed by atoms with Crippen LogP contribution in [0.3, 0.4) is 0 Å². The largest absolute Gasteiger partial charge is 0.376 e. The summed E-state index contributed by atoms with van der Waals surface area (Å²) in [4.78, 5) is 13.2. The summed E-state index contributed by atoms with van der Waals surface area (Å²) in [6.07, 6.45) is 2.95. The second-order valence-corrected chi connectivity index (χ2v) is 6.15. The standard InChI is InChI=1S/C19H19N3O/c20-14(12-23)8-9-16-15-5-3-4-13-10-11-22(19(13)15)18-7-2-1-6-17(18)21-16/h1-7,12,16,20-21H,8-11H2. The Morgan fingerprint density at radius 3 is 3.00 bits per heavy atom. The van der Waals surface area contributed by atoms with Gasteiger partial charge in [0.15, 0.2) is 6.29 Å². The summed E-state index contributed by atoms with van der Waals surface area (Å²) in [5.41, 5.74) is 6.47. The van der Waals surface area contributed by atoms with Crippen molar-refractivity contribution in [3.05, 3.63) is 53.6 Å². The van der Waals surface area contributed by atoms with Crippen LogP contribution in [0.1, 0.15) is 30.0 Å². The Balaban J connectivity index is 1.80. The van der Waals surface area contributed by atoms with Gasteiger partial charge in [-0.3, -0.25) is 4.79 Å². The van der Waals surface area contributed by atoms with E-state index in [0.717, 1.165) is 25.1 Å². The topological polar surface area (TPSA) is 56.2 Å². The third-order valence-electron chi connectivity index (χ3n) is 4.77. The molecule has 4 nitrogen and oxygen atoms in total. The molecule has 0 fully saturated rings. The highest BCUT2D eigenvalue weighted by atomic mass is 16.1. The van der Waals surface area contributed by atoms with Gasteiger partial charge in [0.2, 0.25) is 0 Å². The Morgan fingerprint density at radius 2 is 2.13 bits per heavy atom. The number of benzene rings is 2. The maximum Gasteiger partial charge on any atom is 0.163 e. The average molecular weight is 305 g/mol. The number of rotatable bonds is 4. The minimum atomic E-state index is 0.120. The van der Waals surface area contributed by atoms with E-state index in [4.69, 9.17) is 5.41 Å². The van der Waals surface area contributed by atoms with Crippen LogP contribution in [-0.2, 0) is 11.2 Å². The van der Waals surface area contributed by atoms with Gasteiger partial charge in [-0.1, -0.05) is 30.3 Å². The molecular weight excluding hydrogens is 286 g/mol. The van der Waals surface area contributed by atoms with Gasteiger partial charge in [-0.2, -0.15) is 0 Å². The molecule has 0 saturated carbocycles. The first kappa shape index (κ1) is 14.0. The van der Waals surface area contributed by atoms with Crippen molar-refractivity contribution in [2.24, 2.45) is 0 Å². The second kappa shape index (κ2) is 5.54. The van der Waals surface area contributed by atoms with Gasteiger partial charge in [-0.15, -0.1) is 0 Å². The normalized spacial score (nSPS) is 17.7. The molecule has 2 heterocycles. The van der Waals surface area contributed by atoms with Crippen LogP contribution in [0.5, 0.6) is 0 Å². The summed E-state index contributed by atoms with van der Waals surface area (Å²) in [6.45, 7) is 1.00. The van der Waals surface area contributed by atoms with Crippen LogP contribution in [0.2, 0.25) is 0 Å². The fraction of sp³-hybridized carbons (Fsp3) is 0.263. The van der Waals surface area contributed by atoms with Crippen LogP contribution < -0.4 is 10.2 Å². The lowest BCUT2D eigenvalue weighted by atomic mass is 9.97. The monoisotopic (exact) mass is 305 g/mol. The summed E-state index contributed by atoms with van der Waals surface area (Å²) in [5, 5.41) is 11.3. The molecule has 23 heavy (non-hydrogen) atoms. The lowest BCUT2D eigenvalue weighted by Gasteiger charge is -2.21. The quantitative estimate of drug-likeness (QED) is 0.666. The SMILES string of the molecule is N=C(C=O)CCC1Nc2ccccc2N2CCc3cccc1c32. The maximum atomic E-state index is 10.8. The van der Waals surface area contributed by atoms with Gasteiger partial charge >= 0.3 is 0 Å². The molecule has 0 spiro atoms. The smallest absolute Gasteiger partial charge is 0.163 e. The van der Waals surface area contributed by atoms with E-state index in [1.54, 1.807) is 0 Å². The molecule has 0 bridgehead atoms. The van der Waals surface area contributed by atoms with E-state index in [9.17, 15) is 4.79 Å². The third kappa shape index (κ3) is 2.31. The van der Waals surface area contributed by atoms with Crippen molar-refractivity contribution in [2.75, 3.05) is 16.8 Å². The predicted octanol–water partition coefficient (Wildman–Crippen LogP) is 3.85. The van der Waals surface area contributed by atoms with Gasteiger partial charge in [0, 0.05) is 12.2 Å². The third-order valence-corrected chi connectivity index (χ3v) is 4.77. The van der Waals surface area contributed by atoms with Gasteiger partial charge in [0.25, 0.3) is 0 Å². The van der Waals surface area contributed by atoms with Crippen LogP contribution in [0.15, 0.2) is 42.5 Å². The first-order valence-corrected chi connectivity index (χ1v) is 8.05. The Hall–Kier alpha value is -2.62. The molecule has 0 saturated heterocycles. The summed E-state index contributed by atoms with van der Waals surface area (Å²) >= 11 is 0. The molecular formula is C19H19N3O. The zero-order chi connectivity index (χ0) is 15.8. The van der Waals surface area contributed by atoms with Crippen molar-refractivity contribution in [3.63, 3.8) is 0 Å². The highest BCUT2D eigenvalue weighted by Gasteiger charge is 2.31. The number of hydrogen-bond acceptors (Lipinski definition) is 4. The lowest BCUT2D eigenvalue weighted by Crippen LogP contribution is -2.13. The van der Waals surface area contributed by atoms with Crippen LogP contribution in [-0.4, -0.2) is 18.5 Å². The second-order valence-electron chi connectivity index (χ2n) is 6.15. The lowest BCUT2D eigenvalue weighted by molar-refractivity contribution is -0.102. The summed E-state index contributed by atoms with van der Waals surface area (Å²) in [5.74, 6) is 0. The van der Waals surface area contributed by atoms with E-state index in [-0.39, 0.29) is 11.8 Å². The molecule has 4 rings (SSSR count). The minimum absolute atomic E-state index is 0.120. The van der Waals surface area contributed by atoms with E-state index in [0.29, 0.717) is 12.7 Å². The number of nitrogens with one attached hydrogen (secondary N) is 2. The van der Waals surface area contributed by atoms with Gasteiger partial charge < -0.3 is 15.6 Å². The highest BCUT2D eigenvalue weighted by molar-refractivity contribution is 6.26. The molecule has 2 aliphatic rings. The molecule has 0 amide bonds. The van der Waals surface area contributed by atoms with Crippen molar-refractivity contribution >= 4 is 29.1 Å². The Labute approximate surface area is 135 Å². The molecule has 116 valence electrons. The molecule has 4 heteroatoms. The van der Waals surface area contributed by atoms with Gasteiger partial charge in [0.1, 0.15) is 0 Å². The van der Waals surface area contributed by atoms with Crippen LogP contribution in [0, 0.1) is 5.41 Å². The Morgan fingerprint density at radius 1 is 1.26 bits per heavy atom. The summed E-state index contributed by atoms with van der Waals surface area (Å²) in [6, 6.07) is 15.0. The van der Waals surface area contributed by atoms with E-state index in [1.165, 1.54) is 22.5 Å². The molecule has 2 aromatic carbocycles. The first-order valence-electron chi connectivity index (χ1n) is 8.05. The predicted molar refractivity (Wildman–Crippen MR) is 93.0 cm³/mol. The van der Waals surface area contributed by atoms with Crippen molar-refractivity contribution in [1.82, 2.24) is 0 Å². The zero-order valence-electron chi connectivity index (χ0n) is 12.9. The summed E-state index contributed by atoms with van der Waals surface area (Å²) < 4.78 is 0. The van der Waals surface area contributed by atoms with Gasteiger partial charge in [-0.25, -0.2) is 0 Å². The Bertz CT molecular complexity index is 784. The van der Waals surface area contributed by atoms with Crippen LogP contribution in [0.25, 0.3) is 0 Å². The molecule has 2 aromatic rings. The number of fused-ring (bicyclic) bond motifs is 2. The summed E-state index contributed by atoms with van der Waals surface area (Å²) in [7, 11) is 0. The number of carbonyl (C=O) groups excluding carboxylic acids is 1. The molecule has 0 radical (unpaired) electrons.